The lowest BCUT2D eigenvalue weighted by molar-refractivity contribution is -0.274. The molecule has 5 aromatic rings. The van der Waals surface area contributed by atoms with Gasteiger partial charge in [0.1, 0.15) is 14.2 Å². The number of rotatable bonds is 10. The van der Waals surface area contributed by atoms with E-state index in [0.29, 0.717) is 5.02 Å². The van der Waals surface area contributed by atoms with Crippen LogP contribution in [0, 0.1) is 0 Å². The van der Waals surface area contributed by atoms with Gasteiger partial charge in [-0.25, -0.2) is 25.3 Å². The van der Waals surface area contributed by atoms with Gasteiger partial charge < -0.3 is 4.74 Å². The maximum Gasteiger partial charge on any atom is 0.573 e. The lowest BCUT2D eigenvalue weighted by atomic mass is 10.3. The third-order valence-corrected chi connectivity index (χ3v) is 12.8. The zero-order valence-corrected chi connectivity index (χ0v) is 28.7. The summed E-state index contributed by atoms with van der Waals surface area (Å²) in [7, 11) is -11.7. The molecule has 2 heterocycles. The summed E-state index contributed by atoms with van der Waals surface area (Å²) in [5.41, 5.74) is 0.352. The van der Waals surface area contributed by atoms with E-state index in [1.54, 1.807) is 22.9 Å². The monoisotopic (exact) mass is 785 g/mol. The van der Waals surface area contributed by atoms with E-state index in [1.165, 1.54) is 54.6 Å². The van der Waals surface area contributed by atoms with Gasteiger partial charge in [-0.15, -0.1) is 35.8 Å². The molecule has 0 unspecified atom stereocenters. The summed E-state index contributed by atoms with van der Waals surface area (Å²) >= 11 is 13.7. The lowest BCUT2D eigenvalue weighted by Crippen LogP contribution is -2.18. The lowest BCUT2D eigenvalue weighted by Gasteiger charge is -2.14. The van der Waals surface area contributed by atoms with Crippen molar-refractivity contribution in [2.75, 3.05) is 14.2 Å². The molecule has 2 aromatic heterocycles. The molecule has 0 amide bonds. The number of benzene rings is 3. The van der Waals surface area contributed by atoms with Crippen LogP contribution in [0.5, 0.6) is 5.75 Å². The van der Waals surface area contributed by atoms with Gasteiger partial charge in [-0.05, 0) is 77.5 Å². The summed E-state index contributed by atoms with van der Waals surface area (Å²) < 4.78 is 121. The van der Waals surface area contributed by atoms with Crippen molar-refractivity contribution in [2.45, 2.75) is 19.7 Å². The SMILES string of the molecule is O=S(=O)(Nc1ccc(Cl)cc1)c1cccc(OC(F)(F)F)c1.O=S(=O)(Nc1ccc(Cl)cc1NS(=O)(=O)c1cccs1)c1cccs1. The topological polar surface area (TPSA) is 148 Å². The van der Waals surface area contributed by atoms with Crippen molar-refractivity contribution >= 4 is 93.0 Å². The number of halogens is 5. The number of ether oxygens (including phenoxy) is 1. The summed E-state index contributed by atoms with van der Waals surface area (Å²) in [5.74, 6) is -0.619. The van der Waals surface area contributed by atoms with Crippen molar-refractivity contribution in [3.05, 3.63) is 112 Å². The first kappa shape index (κ1) is 36.3. The van der Waals surface area contributed by atoms with Gasteiger partial charge in [0.25, 0.3) is 30.1 Å². The number of alkyl halides is 3. The molecule has 0 aliphatic rings. The number of hydrogen-bond acceptors (Lipinski definition) is 9. The number of sulfonamides is 3. The summed E-state index contributed by atoms with van der Waals surface area (Å²) in [6.45, 7) is 0. The molecule has 3 N–H and O–H groups in total. The molecule has 3 aromatic carbocycles. The van der Waals surface area contributed by atoms with Crippen LogP contribution in [0.15, 0.2) is 115 Å². The van der Waals surface area contributed by atoms with Crippen LogP contribution >= 0.6 is 45.9 Å². The Morgan fingerprint density at radius 2 is 1.15 bits per heavy atom. The molecule has 0 spiro atoms. The molecule has 0 aliphatic carbocycles. The summed E-state index contributed by atoms with van der Waals surface area (Å²) in [4.78, 5) is -0.357. The van der Waals surface area contributed by atoms with Gasteiger partial charge in [0, 0.05) is 21.8 Å². The molecule has 20 heteroatoms. The van der Waals surface area contributed by atoms with E-state index in [0.717, 1.165) is 46.9 Å². The van der Waals surface area contributed by atoms with E-state index in [4.69, 9.17) is 23.2 Å². The Hall–Kier alpha value is -3.52. The Morgan fingerprint density at radius 1 is 0.596 bits per heavy atom. The van der Waals surface area contributed by atoms with Gasteiger partial charge in [-0.2, -0.15) is 0 Å². The molecule has 0 saturated carbocycles. The molecule has 0 bridgehead atoms. The Kier molecular flexibility index (Phi) is 11.4. The van der Waals surface area contributed by atoms with Crippen LogP contribution < -0.4 is 18.9 Å². The number of anilines is 3. The highest BCUT2D eigenvalue weighted by molar-refractivity contribution is 7.95. The van der Waals surface area contributed by atoms with Crippen LogP contribution in [0.25, 0.3) is 0 Å². The second kappa shape index (κ2) is 14.7. The van der Waals surface area contributed by atoms with Gasteiger partial charge in [-0.1, -0.05) is 41.4 Å². The van der Waals surface area contributed by atoms with Crippen molar-refractivity contribution in [1.82, 2.24) is 0 Å². The molecule has 0 fully saturated rings. The van der Waals surface area contributed by atoms with Crippen molar-refractivity contribution in [3.63, 3.8) is 0 Å². The van der Waals surface area contributed by atoms with Crippen LogP contribution in [0.1, 0.15) is 0 Å². The third-order valence-electron chi connectivity index (χ3n) is 5.44. The molecule has 47 heavy (non-hydrogen) atoms. The highest BCUT2D eigenvalue weighted by Crippen LogP contribution is 2.32. The quantitative estimate of drug-likeness (QED) is 0.130. The molecule has 0 radical (unpaired) electrons. The highest BCUT2D eigenvalue weighted by atomic mass is 35.5. The normalized spacial score (nSPS) is 12.0. The molecule has 0 aliphatic heterocycles. The molecule has 5 rings (SSSR count). The number of thiophene rings is 2. The number of nitrogens with one attached hydrogen (secondary N) is 3. The predicted molar refractivity (Wildman–Crippen MR) is 177 cm³/mol. The highest BCUT2D eigenvalue weighted by Gasteiger charge is 2.31. The summed E-state index contributed by atoms with van der Waals surface area (Å²) in [5, 5.41) is 3.95. The Labute approximate surface area is 285 Å². The smallest absolute Gasteiger partial charge is 0.406 e. The van der Waals surface area contributed by atoms with Gasteiger partial charge >= 0.3 is 6.36 Å². The summed E-state index contributed by atoms with van der Waals surface area (Å²) in [6.07, 6.45) is -4.90. The van der Waals surface area contributed by atoms with Crippen LogP contribution in [-0.4, -0.2) is 31.6 Å². The van der Waals surface area contributed by atoms with E-state index in [2.05, 4.69) is 18.9 Å². The summed E-state index contributed by atoms with van der Waals surface area (Å²) in [6, 6.07) is 20.2. The van der Waals surface area contributed by atoms with E-state index in [9.17, 15) is 38.4 Å². The fourth-order valence-electron chi connectivity index (χ4n) is 3.48. The molecule has 10 nitrogen and oxygen atoms in total. The predicted octanol–water partition coefficient (Wildman–Crippen LogP) is 8.10. The fraction of sp³-hybridized carbons (Fsp3) is 0.0370. The maximum absolute atomic E-state index is 12.4. The first-order chi connectivity index (χ1) is 21.9. The third kappa shape index (κ3) is 10.5. The van der Waals surface area contributed by atoms with E-state index in [1.807, 2.05) is 0 Å². The standard InChI is InChI=1S/C14H11ClN2O4S4.C13H9ClF3NO3S/c15-10-5-6-11(16-24(18,19)13-3-1-7-22-13)12(9-10)17-25(20,21)14-4-2-8-23-14;14-9-4-6-10(7-5-9)18-22(19,20)12-3-1-2-11(8-12)21-13(15,16)17/h1-9,16-17H;1-8,18H. The average molecular weight is 787 g/mol. The minimum Gasteiger partial charge on any atom is -0.406 e. The first-order valence-corrected chi connectivity index (χ1v) is 19.5. The maximum atomic E-state index is 12.4. The largest absolute Gasteiger partial charge is 0.573 e. The van der Waals surface area contributed by atoms with E-state index in [-0.39, 0.29) is 35.4 Å². The number of hydrogen-bond donors (Lipinski definition) is 3. The zero-order chi connectivity index (χ0) is 34.5. The Bertz CT molecular complexity index is 2150. The van der Waals surface area contributed by atoms with Gasteiger partial charge in [0.05, 0.1) is 16.3 Å². The van der Waals surface area contributed by atoms with Gasteiger partial charge in [-0.3, -0.25) is 14.2 Å². The van der Waals surface area contributed by atoms with E-state index >= 15 is 0 Å². The first-order valence-electron chi connectivity index (χ1n) is 12.5. The molecular formula is C27H20Cl2F3N3O7S5. The minimum absolute atomic E-state index is 0.0426. The van der Waals surface area contributed by atoms with E-state index < -0.39 is 42.2 Å². The van der Waals surface area contributed by atoms with Crippen LogP contribution in [0.3, 0.4) is 0 Å². The van der Waals surface area contributed by atoms with Crippen molar-refractivity contribution < 1.29 is 43.2 Å². The van der Waals surface area contributed by atoms with Crippen molar-refractivity contribution in [2.24, 2.45) is 0 Å². The van der Waals surface area contributed by atoms with Crippen molar-refractivity contribution in [1.29, 1.82) is 0 Å². The molecule has 0 atom stereocenters. The van der Waals surface area contributed by atoms with Crippen LogP contribution in [-0.2, 0) is 30.1 Å². The Morgan fingerprint density at radius 3 is 1.68 bits per heavy atom. The Balaban J connectivity index is 0.000000215. The molecule has 250 valence electrons. The van der Waals surface area contributed by atoms with Crippen LogP contribution in [0.4, 0.5) is 30.2 Å². The molecule has 0 saturated heterocycles. The second-order valence-corrected chi connectivity index (χ2v) is 17.2. The molecular weight excluding hydrogens is 767 g/mol. The van der Waals surface area contributed by atoms with Gasteiger partial charge in [0.2, 0.25) is 0 Å². The fourth-order valence-corrected chi connectivity index (χ4v) is 9.01. The minimum atomic E-state index is -4.90. The van der Waals surface area contributed by atoms with Crippen LogP contribution in [0.2, 0.25) is 10.0 Å². The second-order valence-electron chi connectivity index (χ2n) is 8.90. The zero-order valence-electron chi connectivity index (χ0n) is 23.1. The average Bonchev–Trinajstić information content (AvgIpc) is 3.71. The van der Waals surface area contributed by atoms with Crippen molar-refractivity contribution in [3.8, 4) is 5.75 Å². The van der Waals surface area contributed by atoms with Gasteiger partial charge in [0.15, 0.2) is 0 Å².